The van der Waals surface area contributed by atoms with Crippen molar-refractivity contribution >= 4 is 6.08 Å². The van der Waals surface area contributed by atoms with E-state index in [0.717, 1.165) is 11.3 Å². The van der Waals surface area contributed by atoms with E-state index in [0.29, 0.717) is 0 Å². The molecule has 70 valence electrons. The second-order valence-corrected chi connectivity index (χ2v) is 3.20. The van der Waals surface area contributed by atoms with Gasteiger partial charge >= 0.3 is 0 Å². The second-order valence-electron chi connectivity index (χ2n) is 3.20. The Labute approximate surface area is 80.0 Å². The Hall–Kier alpha value is -1.24. The molecule has 0 spiro atoms. The van der Waals surface area contributed by atoms with Gasteiger partial charge in [-0.15, -0.1) is 0 Å². The van der Waals surface area contributed by atoms with Crippen LogP contribution in [0.2, 0.25) is 0 Å². The average Bonchev–Trinajstić information content (AvgIpc) is 2.04. The minimum atomic E-state index is 0.976. The summed E-state index contributed by atoms with van der Waals surface area (Å²) in [6.07, 6.45) is 4.09. The SMILES string of the molecule is C/C=C/c1cc(C)cc(C)c1OC. The summed E-state index contributed by atoms with van der Waals surface area (Å²) in [5.41, 5.74) is 3.62. The minimum absolute atomic E-state index is 0.976. The molecule has 1 heteroatoms. The zero-order valence-corrected chi connectivity index (χ0v) is 8.72. The third-order valence-corrected chi connectivity index (χ3v) is 2.00. The van der Waals surface area contributed by atoms with Gasteiger partial charge in [-0.3, -0.25) is 0 Å². The van der Waals surface area contributed by atoms with E-state index in [4.69, 9.17) is 4.74 Å². The van der Waals surface area contributed by atoms with E-state index < -0.39 is 0 Å². The van der Waals surface area contributed by atoms with Crippen molar-refractivity contribution in [3.63, 3.8) is 0 Å². The Morgan fingerprint density at radius 3 is 2.46 bits per heavy atom. The highest BCUT2D eigenvalue weighted by molar-refractivity contribution is 5.60. The van der Waals surface area contributed by atoms with E-state index >= 15 is 0 Å². The summed E-state index contributed by atoms with van der Waals surface area (Å²) in [4.78, 5) is 0. The molecule has 0 aliphatic carbocycles. The topological polar surface area (TPSA) is 9.23 Å². The van der Waals surface area contributed by atoms with Crippen molar-refractivity contribution in [2.45, 2.75) is 20.8 Å². The summed E-state index contributed by atoms with van der Waals surface area (Å²) < 4.78 is 5.33. The maximum absolute atomic E-state index is 5.33. The van der Waals surface area contributed by atoms with Crippen LogP contribution in [0.15, 0.2) is 18.2 Å². The first kappa shape index (κ1) is 9.85. The molecule has 0 saturated carbocycles. The van der Waals surface area contributed by atoms with Crippen LogP contribution < -0.4 is 4.74 Å². The molecule has 0 aliphatic rings. The maximum Gasteiger partial charge on any atom is 0.128 e. The van der Waals surface area contributed by atoms with Crippen molar-refractivity contribution in [2.24, 2.45) is 0 Å². The number of ether oxygens (including phenoxy) is 1. The highest BCUT2D eigenvalue weighted by atomic mass is 16.5. The van der Waals surface area contributed by atoms with E-state index in [9.17, 15) is 0 Å². The molecule has 13 heavy (non-hydrogen) atoms. The van der Waals surface area contributed by atoms with E-state index in [1.54, 1.807) is 7.11 Å². The lowest BCUT2D eigenvalue weighted by Crippen LogP contribution is -1.91. The first-order chi connectivity index (χ1) is 6.19. The lowest BCUT2D eigenvalue weighted by Gasteiger charge is -2.09. The number of allylic oxidation sites excluding steroid dienone is 1. The minimum Gasteiger partial charge on any atom is -0.496 e. The molecule has 1 aromatic carbocycles. The Morgan fingerprint density at radius 2 is 1.92 bits per heavy atom. The van der Waals surface area contributed by atoms with E-state index in [-0.39, 0.29) is 0 Å². The van der Waals surface area contributed by atoms with Crippen molar-refractivity contribution in [3.8, 4) is 5.75 Å². The zero-order chi connectivity index (χ0) is 9.84. The lowest BCUT2D eigenvalue weighted by molar-refractivity contribution is 0.410. The monoisotopic (exact) mass is 176 g/mol. The quantitative estimate of drug-likeness (QED) is 0.671. The van der Waals surface area contributed by atoms with Gasteiger partial charge in [0.1, 0.15) is 5.75 Å². The Bertz CT molecular complexity index is 324. The van der Waals surface area contributed by atoms with Gasteiger partial charge in [0, 0.05) is 5.56 Å². The number of aryl methyl sites for hydroxylation is 2. The molecule has 0 atom stereocenters. The van der Waals surface area contributed by atoms with Crippen LogP contribution in [0.4, 0.5) is 0 Å². The molecule has 1 nitrogen and oxygen atoms in total. The number of methoxy groups -OCH3 is 1. The van der Waals surface area contributed by atoms with Crippen molar-refractivity contribution < 1.29 is 4.74 Å². The van der Waals surface area contributed by atoms with Crippen LogP contribution in [-0.4, -0.2) is 7.11 Å². The van der Waals surface area contributed by atoms with Crippen molar-refractivity contribution in [1.82, 2.24) is 0 Å². The number of hydrogen-bond acceptors (Lipinski definition) is 1. The fourth-order valence-electron chi connectivity index (χ4n) is 1.57. The van der Waals surface area contributed by atoms with Crippen molar-refractivity contribution in [2.75, 3.05) is 7.11 Å². The second kappa shape index (κ2) is 4.13. The molecule has 1 rings (SSSR count). The highest BCUT2D eigenvalue weighted by Crippen LogP contribution is 2.25. The molecule has 0 aromatic heterocycles. The summed E-state index contributed by atoms with van der Waals surface area (Å²) in [6, 6.07) is 4.26. The standard InChI is InChI=1S/C12H16O/c1-5-6-11-8-9(2)7-10(3)12(11)13-4/h5-8H,1-4H3/b6-5+. The van der Waals surface area contributed by atoms with Gasteiger partial charge in [-0.1, -0.05) is 23.8 Å². The molecule has 0 radical (unpaired) electrons. The summed E-state index contributed by atoms with van der Waals surface area (Å²) in [5.74, 6) is 0.976. The summed E-state index contributed by atoms with van der Waals surface area (Å²) in [6.45, 7) is 6.18. The van der Waals surface area contributed by atoms with Gasteiger partial charge in [-0.2, -0.15) is 0 Å². The van der Waals surface area contributed by atoms with Gasteiger partial charge in [-0.25, -0.2) is 0 Å². The van der Waals surface area contributed by atoms with Crippen LogP contribution in [0.1, 0.15) is 23.6 Å². The van der Waals surface area contributed by atoms with Gasteiger partial charge in [0.2, 0.25) is 0 Å². The van der Waals surface area contributed by atoms with Gasteiger partial charge in [0.05, 0.1) is 7.11 Å². The normalized spacial score (nSPS) is 10.8. The molecule has 0 fully saturated rings. The van der Waals surface area contributed by atoms with Gasteiger partial charge in [0.15, 0.2) is 0 Å². The fourth-order valence-corrected chi connectivity index (χ4v) is 1.57. The van der Waals surface area contributed by atoms with Crippen LogP contribution in [-0.2, 0) is 0 Å². The Balaban J connectivity index is 3.29. The summed E-state index contributed by atoms with van der Waals surface area (Å²) >= 11 is 0. The molecule has 1 aromatic rings. The third-order valence-electron chi connectivity index (χ3n) is 2.00. The molecular weight excluding hydrogens is 160 g/mol. The molecule has 0 heterocycles. The fraction of sp³-hybridized carbons (Fsp3) is 0.333. The molecule has 0 saturated heterocycles. The molecule has 0 N–H and O–H groups in total. The van der Waals surface area contributed by atoms with Crippen molar-refractivity contribution in [1.29, 1.82) is 0 Å². The molecule has 0 aliphatic heterocycles. The summed E-state index contributed by atoms with van der Waals surface area (Å²) in [5, 5.41) is 0. The smallest absolute Gasteiger partial charge is 0.128 e. The number of hydrogen-bond donors (Lipinski definition) is 0. The number of benzene rings is 1. The van der Waals surface area contributed by atoms with Crippen LogP contribution in [0, 0.1) is 13.8 Å². The molecule has 0 unspecified atom stereocenters. The average molecular weight is 176 g/mol. The molecular formula is C12H16O. The molecule has 0 amide bonds. The van der Waals surface area contributed by atoms with Crippen LogP contribution in [0.3, 0.4) is 0 Å². The third kappa shape index (κ3) is 2.11. The van der Waals surface area contributed by atoms with Crippen molar-refractivity contribution in [3.05, 3.63) is 34.9 Å². The van der Waals surface area contributed by atoms with E-state index in [1.807, 2.05) is 13.0 Å². The van der Waals surface area contributed by atoms with Crippen LogP contribution >= 0.6 is 0 Å². The lowest BCUT2D eigenvalue weighted by atomic mass is 10.1. The Morgan fingerprint density at radius 1 is 1.23 bits per heavy atom. The van der Waals surface area contributed by atoms with Crippen LogP contribution in [0.25, 0.3) is 6.08 Å². The highest BCUT2D eigenvalue weighted by Gasteiger charge is 2.03. The predicted molar refractivity (Wildman–Crippen MR) is 57.2 cm³/mol. The van der Waals surface area contributed by atoms with Gasteiger partial charge < -0.3 is 4.74 Å². The van der Waals surface area contributed by atoms with Gasteiger partial charge in [0.25, 0.3) is 0 Å². The van der Waals surface area contributed by atoms with E-state index in [1.165, 1.54) is 11.1 Å². The summed E-state index contributed by atoms with van der Waals surface area (Å²) in [7, 11) is 1.71. The number of rotatable bonds is 2. The first-order valence-electron chi connectivity index (χ1n) is 4.47. The molecule has 0 bridgehead atoms. The zero-order valence-electron chi connectivity index (χ0n) is 8.72. The maximum atomic E-state index is 5.33. The largest absolute Gasteiger partial charge is 0.496 e. The van der Waals surface area contributed by atoms with Crippen LogP contribution in [0.5, 0.6) is 5.75 Å². The van der Waals surface area contributed by atoms with Gasteiger partial charge in [-0.05, 0) is 32.4 Å². The first-order valence-corrected chi connectivity index (χ1v) is 4.47. The predicted octanol–water partition coefficient (Wildman–Crippen LogP) is 3.35. The van der Waals surface area contributed by atoms with E-state index in [2.05, 4.69) is 32.1 Å². The Kier molecular flexibility index (Phi) is 3.13.